The van der Waals surface area contributed by atoms with Gasteiger partial charge in [0.15, 0.2) is 5.82 Å². The molecule has 0 aliphatic carbocycles. The molecular formula is C9H10N4O. The molecule has 0 radical (unpaired) electrons. The Hall–Kier alpha value is -2.04. The van der Waals surface area contributed by atoms with E-state index in [-0.39, 0.29) is 5.69 Å². The van der Waals surface area contributed by atoms with Gasteiger partial charge in [-0.15, -0.1) is 0 Å². The number of rotatable bonds is 1. The van der Waals surface area contributed by atoms with E-state index in [9.17, 15) is 4.79 Å². The number of H-pyrrole nitrogens is 2. The van der Waals surface area contributed by atoms with Crippen molar-refractivity contribution >= 4 is 5.69 Å². The minimum atomic E-state index is -0.318. The van der Waals surface area contributed by atoms with Crippen molar-refractivity contribution in [3.8, 4) is 11.4 Å². The molecule has 0 unspecified atom stereocenters. The second-order valence-electron chi connectivity index (χ2n) is 3.10. The second kappa shape index (κ2) is 3.02. The normalized spacial score (nSPS) is 10.4. The smallest absolute Gasteiger partial charge is 0.340 e. The number of nitrogens with one attached hydrogen (secondary N) is 2. The number of aryl methyl sites for hydroxylation is 1. The zero-order chi connectivity index (χ0) is 10.1. The van der Waals surface area contributed by atoms with Crippen molar-refractivity contribution in [1.82, 2.24) is 15.2 Å². The molecule has 0 bridgehead atoms. The number of aromatic nitrogens is 3. The topological polar surface area (TPSA) is 87.6 Å². The summed E-state index contributed by atoms with van der Waals surface area (Å²) in [6, 6.07) is 5.47. The highest BCUT2D eigenvalue weighted by molar-refractivity contribution is 5.64. The number of aromatic amines is 2. The van der Waals surface area contributed by atoms with E-state index in [2.05, 4.69) is 15.2 Å². The van der Waals surface area contributed by atoms with E-state index in [1.807, 2.05) is 19.1 Å². The van der Waals surface area contributed by atoms with Gasteiger partial charge in [0.25, 0.3) is 0 Å². The lowest BCUT2D eigenvalue weighted by Crippen LogP contribution is -2.00. The van der Waals surface area contributed by atoms with Crippen molar-refractivity contribution in [2.24, 2.45) is 0 Å². The quantitative estimate of drug-likeness (QED) is 0.577. The summed E-state index contributed by atoms with van der Waals surface area (Å²) in [4.78, 5) is 13.4. The van der Waals surface area contributed by atoms with E-state index in [1.165, 1.54) is 0 Å². The van der Waals surface area contributed by atoms with E-state index < -0.39 is 0 Å². The Bertz CT molecular complexity index is 512. The van der Waals surface area contributed by atoms with Crippen LogP contribution in [0.1, 0.15) is 5.56 Å². The van der Waals surface area contributed by atoms with Crippen molar-refractivity contribution in [2.45, 2.75) is 6.92 Å². The van der Waals surface area contributed by atoms with Gasteiger partial charge in [-0.1, -0.05) is 6.07 Å². The molecule has 2 rings (SSSR count). The average Bonchev–Trinajstić information content (AvgIpc) is 2.56. The minimum Gasteiger partial charge on any atom is -0.399 e. The maximum absolute atomic E-state index is 10.9. The number of hydrogen-bond donors (Lipinski definition) is 3. The molecule has 1 heterocycles. The van der Waals surface area contributed by atoms with Crippen LogP contribution in [0.2, 0.25) is 0 Å². The fourth-order valence-electron chi connectivity index (χ4n) is 1.29. The van der Waals surface area contributed by atoms with Crippen LogP contribution in [-0.2, 0) is 0 Å². The monoisotopic (exact) mass is 190 g/mol. The summed E-state index contributed by atoms with van der Waals surface area (Å²) in [5, 5.41) is 6.15. The van der Waals surface area contributed by atoms with Gasteiger partial charge < -0.3 is 5.73 Å². The molecule has 5 heteroatoms. The highest BCUT2D eigenvalue weighted by atomic mass is 16.1. The first-order chi connectivity index (χ1) is 6.66. The van der Waals surface area contributed by atoms with Crippen LogP contribution in [0.15, 0.2) is 23.0 Å². The molecule has 14 heavy (non-hydrogen) atoms. The molecule has 2 aromatic rings. The van der Waals surface area contributed by atoms with Crippen LogP contribution >= 0.6 is 0 Å². The van der Waals surface area contributed by atoms with Gasteiger partial charge in [-0.3, -0.25) is 4.98 Å². The number of nitrogens with two attached hydrogens (primary N) is 1. The second-order valence-corrected chi connectivity index (χ2v) is 3.10. The fraction of sp³-hybridized carbons (Fsp3) is 0.111. The van der Waals surface area contributed by atoms with Crippen LogP contribution in [-0.4, -0.2) is 15.2 Å². The number of anilines is 1. The molecule has 0 saturated heterocycles. The zero-order valence-corrected chi connectivity index (χ0v) is 7.66. The van der Waals surface area contributed by atoms with Gasteiger partial charge in [-0.25, -0.2) is 9.89 Å². The molecular weight excluding hydrogens is 180 g/mol. The van der Waals surface area contributed by atoms with Gasteiger partial charge in [0.05, 0.1) is 0 Å². The largest absolute Gasteiger partial charge is 0.399 e. The van der Waals surface area contributed by atoms with Gasteiger partial charge >= 0.3 is 5.69 Å². The van der Waals surface area contributed by atoms with Gasteiger partial charge in [-0.05, 0) is 24.6 Å². The van der Waals surface area contributed by atoms with Crippen LogP contribution in [0.5, 0.6) is 0 Å². The molecule has 0 aliphatic heterocycles. The first-order valence-corrected chi connectivity index (χ1v) is 4.18. The van der Waals surface area contributed by atoms with Crippen LogP contribution in [0.4, 0.5) is 5.69 Å². The number of hydrogen-bond acceptors (Lipinski definition) is 3. The highest BCUT2D eigenvalue weighted by Crippen LogP contribution is 2.20. The predicted molar refractivity (Wildman–Crippen MR) is 53.8 cm³/mol. The molecule has 72 valence electrons. The predicted octanol–water partition coefficient (Wildman–Crippen LogP) is 0.656. The van der Waals surface area contributed by atoms with Crippen molar-refractivity contribution in [1.29, 1.82) is 0 Å². The minimum absolute atomic E-state index is 0.318. The summed E-state index contributed by atoms with van der Waals surface area (Å²) in [7, 11) is 0. The average molecular weight is 190 g/mol. The first kappa shape index (κ1) is 8.55. The molecule has 0 atom stereocenters. The Balaban J connectivity index is 2.61. The van der Waals surface area contributed by atoms with E-state index in [0.29, 0.717) is 11.5 Å². The Morgan fingerprint density at radius 2 is 2.21 bits per heavy atom. The van der Waals surface area contributed by atoms with Gasteiger partial charge in [-0.2, -0.15) is 5.10 Å². The Morgan fingerprint density at radius 1 is 1.43 bits per heavy atom. The first-order valence-electron chi connectivity index (χ1n) is 4.18. The lowest BCUT2D eigenvalue weighted by Gasteiger charge is -2.02. The number of benzene rings is 1. The molecule has 0 spiro atoms. The van der Waals surface area contributed by atoms with E-state index in [4.69, 9.17) is 5.73 Å². The summed E-state index contributed by atoms with van der Waals surface area (Å²) < 4.78 is 0. The van der Waals surface area contributed by atoms with Crippen molar-refractivity contribution in [3.05, 3.63) is 34.2 Å². The summed E-state index contributed by atoms with van der Waals surface area (Å²) in [6.07, 6.45) is 0. The maximum Gasteiger partial charge on any atom is 0.340 e. The molecule has 0 aliphatic rings. The Kier molecular flexibility index (Phi) is 1.85. The van der Waals surface area contributed by atoms with Gasteiger partial charge in [0.1, 0.15) is 0 Å². The Morgan fingerprint density at radius 3 is 2.86 bits per heavy atom. The van der Waals surface area contributed by atoms with E-state index in [1.54, 1.807) is 6.07 Å². The fourth-order valence-corrected chi connectivity index (χ4v) is 1.29. The van der Waals surface area contributed by atoms with E-state index >= 15 is 0 Å². The third-order valence-electron chi connectivity index (χ3n) is 2.02. The van der Waals surface area contributed by atoms with Crippen molar-refractivity contribution < 1.29 is 0 Å². The standard InChI is InChI=1S/C9H10N4O/c1-5-2-3-6(10)4-7(5)8-11-9(14)13-12-8/h2-4H,10H2,1H3,(H2,11,12,13,14). The van der Waals surface area contributed by atoms with Crippen LogP contribution in [0.25, 0.3) is 11.4 Å². The maximum atomic E-state index is 10.9. The SMILES string of the molecule is Cc1ccc(N)cc1-c1n[nH]c(=O)[nH]1. The molecule has 0 saturated carbocycles. The van der Waals surface area contributed by atoms with Crippen molar-refractivity contribution in [3.63, 3.8) is 0 Å². The summed E-state index contributed by atoms with van der Waals surface area (Å²) >= 11 is 0. The zero-order valence-electron chi connectivity index (χ0n) is 7.66. The number of nitrogens with zero attached hydrogens (tertiary/aromatic N) is 1. The molecule has 0 fully saturated rings. The lowest BCUT2D eigenvalue weighted by molar-refractivity contribution is 1.05. The number of nitrogen functional groups attached to an aromatic ring is 1. The lowest BCUT2D eigenvalue weighted by atomic mass is 10.1. The van der Waals surface area contributed by atoms with Crippen LogP contribution in [0.3, 0.4) is 0 Å². The molecule has 1 aromatic carbocycles. The van der Waals surface area contributed by atoms with Crippen LogP contribution < -0.4 is 11.4 Å². The highest BCUT2D eigenvalue weighted by Gasteiger charge is 2.05. The Labute approximate surface area is 80.0 Å². The van der Waals surface area contributed by atoms with E-state index in [0.717, 1.165) is 11.1 Å². The molecule has 0 amide bonds. The summed E-state index contributed by atoms with van der Waals surface area (Å²) in [6.45, 7) is 1.93. The van der Waals surface area contributed by atoms with Crippen LogP contribution in [0, 0.1) is 6.92 Å². The molecule has 5 nitrogen and oxygen atoms in total. The van der Waals surface area contributed by atoms with Crippen molar-refractivity contribution in [2.75, 3.05) is 5.73 Å². The molecule has 4 N–H and O–H groups in total. The molecule has 1 aromatic heterocycles. The van der Waals surface area contributed by atoms with Gasteiger partial charge in [0.2, 0.25) is 0 Å². The van der Waals surface area contributed by atoms with Gasteiger partial charge in [0, 0.05) is 11.3 Å². The third kappa shape index (κ3) is 1.39. The summed E-state index contributed by atoms with van der Waals surface area (Å²) in [5.41, 5.74) is 7.82. The third-order valence-corrected chi connectivity index (χ3v) is 2.02. The summed E-state index contributed by atoms with van der Waals surface area (Å²) in [5.74, 6) is 0.514.